The summed E-state index contributed by atoms with van der Waals surface area (Å²) in [5.74, 6) is 0. The molecule has 0 aliphatic carbocycles. The zero-order valence-corrected chi connectivity index (χ0v) is 14.2. The molecule has 0 radical (unpaired) electrons. The topological polar surface area (TPSA) is 72.2 Å². The van der Waals surface area contributed by atoms with Crippen LogP contribution in [0, 0.1) is 27.7 Å². The number of hydrogen-bond acceptors (Lipinski definition) is 3. The highest BCUT2D eigenvalue weighted by molar-refractivity contribution is 7.89. The maximum atomic E-state index is 12.4. The quantitative estimate of drug-likeness (QED) is 0.790. The third-order valence-electron chi connectivity index (χ3n) is 3.49. The summed E-state index contributed by atoms with van der Waals surface area (Å²) >= 11 is 0. The number of halogens is 1. The molecule has 116 valence electrons. The van der Waals surface area contributed by atoms with E-state index in [4.69, 9.17) is 5.73 Å². The van der Waals surface area contributed by atoms with Gasteiger partial charge in [0.25, 0.3) is 0 Å². The van der Waals surface area contributed by atoms with Gasteiger partial charge in [0.05, 0.1) is 4.90 Å². The van der Waals surface area contributed by atoms with Crippen molar-refractivity contribution < 1.29 is 8.42 Å². The molecule has 0 amide bonds. The Bertz CT molecular complexity index is 531. The Morgan fingerprint density at radius 3 is 2.00 bits per heavy atom. The van der Waals surface area contributed by atoms with Crippen LogP contribution in [-0.2, 0) is 10.0 Å². The van der Waals surface area contributed by atoms with Crippen molar-refractivity contribution in [3.63, 3.8) is 0 Å². The van der Waals surface area contributed by atoms with Crippen molar-refractivity contribution in [2.75, 3.05) is 13.1 Å². The molecule has 0 aliphatic heterocycles. The Morgan fingerprint density at radius 1 is 1.05 bits per heavy atom. The van der Waals surface area contributed by atoms with Crippen LogP contribution in [0.2, 0.25) is 0 Å². The zero-order valence-electron chi connectivity index (χ0n) is 12.6. The van der Waals surface area contributed by atoms with Crippen LogP contribution in [0.25, 0.3) is 0 Å². The molecule has 6 heteroatoms. The minimum atomic E-state index is -3.44. The van der Waals surface area contributed by atoms with Gasteiger partial charge in [-0.2, -0.15) is 0 Å². The van der Waals surface area contributed by atoms with Crippen molar-refractivity contribution in [1.82, 2.24) is 4.72 Å². The van der Waals surface area contributed by atoms with Crippen LogP contribution in [0.3, 0.4) is 0 Å². The van der Waals surface area contributed by atoms with Crippen molar-refractivity contribution >= 4 is 22.4 Å². The first-order valence-electron chi connectivity index (χ1n) is 6.58. The molecule has 0 saturated carbocycles. The molecular formula is C14H25ClN2O2S. The Hall–Kier alpha value is -0.620. The Labute approximate surface area is 128 Å². The van der Waals surface area contributed by atoms with Gasteiger partial charge in [-0.15, -0.1) is 12.4 Å². The number of sulfonamides is 1. The van der Waals surface area contributed by atoms with E-state index in [9.17, 15) is 8.42 Å². The molecule has 4 nitrogen and oxygen atoms in total. The smallest absolute Gasteiger partial charge is 0.241 e. The summed E-state index contributed by atoms with van der Waals surface area (Å²) in [5.41, 5.74) is 9.07. The maximum Gasteiger partial charge on any atom is 0.241 e. The average molecular weight is 321 g/mol. The minimum absolute atomic E-state index is 0. The lowest BCUT2D eigenvalue weighted by Crippen LogP contribution is -2.27. The molecule has 0 saturated heterocycles. The van der Waals surface area contributed by atoms with Gasteiger partial charge in [-0.1, -0.05) is 6.07 Å². The van der Waals surface area contributed by atoms with Crippen LogP contribution in [0.5, 0.6) is 0 Å². The fourth-order valence-corrected chi connectivity index (χ4v) is 3.82. The van der Waals surface area contributed by atoms with Gasteiger partial charge in [-0.05, 0) is 69.3 Å². The summed E-state index contributed by atoms with van der Waals surface area (Å²) < 4.78 is 27.5. The molecule has 0 atom stereocenters. The van der Waals surface area contributed by atoms with Crippen LogP contribution >= 0.6 is 12.4 Å². The molecule has 0 fully saturated rings. The second kappa shape index (κ2) is 7.98. The van der Waals surface area contributed by atoms with E-state index < -0.39 is 10.0 Å². The second-order valence-corrected chi connectivity index (χ2v) is 6.69. The lowest BCUT2D eigenvalue weighted by atomic mass is 10.0. The standard InChI is InChI=1S/C14H24N2O2S.ClH/c1-10-9-11(2)13(4)14(12(10)3)19(17,18)16-8-6-5-7-15;/h9,16H,5-8,15H2,1-4H3;1H. The van der Waals surface area contributed by atoms with Gasteiger partial charge < -0.3 is 5.73 Å². The van der Waals surface area contributed by atoms with Crippen molar-refractivity contribution in [2.45, 2.75) is 45.4 Å². The third-order valence-corrected chi connectivity index (χ3v) is 5.22. The summed E-state index contributed by atoms with van der Waals surface area (Å²) in [6.45, 7) is 8.62. The fourth-order valence-electron chi connectivity index (χ4n) is 2.13. The SMILES string of the molecule is Cc1cc(C)c(C)c(S(=O)(=O)NCCCCN)c1C.Cl. The summed E-state index contributed by atoms with van der Waals surface area (Å²) in [6, 6.07) is 2.03. The first-order valence-corrected chi connectivity index (χ1v) is 8.06. The van der Waals surface area contributed by atoms with Gasteiger partial charge in [0.15, 0.2) is 0 Å². The second-order valence-electron chi connectivity index (χ2n) is 4.98. The van der Waals surface area contributed by atoms with E-state index in [0.29, 0.717) is 18.0 Å². The van der Waals surface area contributed by atoms with Crippen LogP contribution in [0.15, 0.2) is 11.0 Å². The zero-order chi connectivity index (χ0) is 14.6. The first kappa shape index (κ1) is 19.4. The molecule has 1 rings (SSSR count). The molecule has 0 spiro atoms. The average Bonchev–Trinajstić information content (AvgIpc) is 2.32. The predicted octanol–water partition coefficient (Wildman–Crippen LogP) is 2.36. The van der Waals surface area contributed by atoms with Crippen LogP contribution in [0.4, 0.5) is 0 Å². The van der Waals surface area contributed by atoms with Gasteiger partial charge in [0, 0.05) is 6.54 Å². The molecule has 1 aromatic carbocycles. The normalized spacial score (nSPS) is 11.2. The van der Waals surface area contributed by atoms with E-state index in [0.717, 1.165) is 35.1 Å². The highest BCUT2D eigenvalue weighted by atomic mass is 35.5. The van der Waals surface area contributed by atoms with Gasteiger partial charge in [0.1, 0.15) is 0 Å². The van der Waals surface area contributed by atoms with Gasteiger partial charge >= 0.3 is 0 Å². The van der Waals surface area contributed by atoms with Gasteiger partial charge in [-0.25, -0.2) is 13.1 Å². The predicted molar refractivity (Wildman–Crippen MR) is 86.1 cm³/mol. The number of hydrogen-bond donors (Lipinski definition) is 2. The lowest BCUT2D eigenvalue weighted by molar-refractivity contribution is 0.575. The third kappa shape index (κ3) is 4.45. The van der Waals surface area contributed by atoms with E-state index in [1.54, 1.807) is 0 Å². The van der Waals surface area contributed by atoms with E-state index in [-0.39, 0.29) is 12.4 Å². The number of aryl methyl sites for hydroxylation is 2. The Balaban J connectivity index is 0.00000361. The maximum absolute atomic E-state index is 12.4. The molecule has 0 unspecified atom stereocenters. The highest BCUT2D eigenvalue weighted by Crippen LogP contribution is 2.25. The molecule has 0 aromatic heterocycles. The molecule has 0 heterocycles. The van der Waals surface area contributed by atoms with Crippen LogP contribution in [0.1, 0.15) is 35.1 Å². The number of rotatable bonds is 6. The van der Waals surface area contributed by atoms with Crippen molar-refractivity contribution in [3.05, 3.63) is 28.3 Å². The van der Waals surface area contributed by atoms with E-state index in [2.05, 4.69) is 4.72 Å². The number of nitrogens with one attached hydrogen (secondary N) is 1. The van der Waals surface area contributed by atoms with E-state index in [1.165, 1.54) is 0 Å². The molecule has 0 aliphatic rings. The first-order chi connectivity index (χ1) is 8.81. The lowest BCUT2D eigenvalue weighted by Gasteiger charge is -2.16. The highest BCUT2D eigenvalue weighted by Gasteiger charge is 2.21. The number of unbranched alkanes of at least 4 members (excludes halogenated alkanes) is 1. The molecular weight excluding hydrogens is 296 g/mol. The van der Waals surface area contributed by atoms with Crippen LogP contribution in [-0.4, -0.2) is 21.5 Å². The largest absolute Gasteiger partial charge is 0.330 e. The monoisotopic (exact) mass is 320 g/mol. The van der Waals surface area contributed by atoms with Gasteiger partial charge in [-0.3, -0.25) is 0 Å². The Kier molecular flexibility index (Phi) is 7.73. The Morgan fingerprint density at radius 2 is 1.55 bits per heavy atom. The van der Waals surface area contributed by atoms with E-state index >= 15 is 0 Å². The number of nitrogens with two attached hydrogens (primary N) is 1. The van der Waals surface area contributed by atoms with Crippen molar-refractivity contribution in [1.29, 1.82) is 0 Å². The summed E-state index contributed by atoms with van der Waals surface area (Å²) in [6.07, 6.45) is 1.59. The molecule has 1 aromatic rings. The van der Waals surface area contributed by atoms with Gasteiger partial charge in [0.2, 0.25) is 10.0 Å². The molecule has 3 N–H and O–H groups in total. The molecule has 20 heavy (non-hydrogen) atoms. The number of benzene rings is 1. The summed E-state index contributed by atoms with van der Waals surface area (Å²) in [5, 5.41) is 0. The summed E-state index contributed by atoms with van der Waals surface area (Å²) in [4.78, 5) is 0.428. The fraction of sp³-hybridized carbons (Fsp3) is 0.571. The molecule has 0 bridgehead atoms. The van der Waals surface area contributed by atoms with E-state index in [1.807, 2.05) is 33.8 Å². The van der Waals surface area contributed by atoms with Crippen molar-refractivity contribution in [3.8, 4) is 0 Å². The minimum Gasteiger partial charge on any atom is -0.330 e. The van der Waals surface area contributed by atoms with Crippen molar-refractivity contribution in [2.24, 2.45) is 5.73 Å². The van der Waals surface area contributed by atoms with Crippen LogP contribution < -0.4 is 10.5 Å². The summed E-state index contributed by atoms with van der Waals surface area (Å²) in [7, 11) is -3.44.